The maximum atomic E-state index is 4.65. The molecule has 2 aromatic rings. The lowest BCUT2D eigenvalue weighted by molar-refractivity contribution is 0.573. The highest BCUT2D eigenvalue weighted by Crippen LogP contribution is 2.31. The zero-order valence-electron chi connectivity index (χ0n) is 8.57. The van der Waals surface area contributed by atoms with Gasteiger partial charge in [0.2, 0.25) is 0 Å². The van der Waals surface area contributed by atoms with Crippen molar-refractivity contribution in [2.45, 2.75) is 26.2 Å². The summed E-state index contributed by atoms with van der Waals surface area (Å²) < 4.78 is 0. The molecule has 14 heavy (non-hydrogen) atoms. The first kappa shape index (κ1) is 9.87. The van der Waals surface area contributed by atoms with Crippen LogP contribution in [0.25, 0.3) is 9.88 Å². The smallest absolute Gasteiger partial charge is 0.133 e. The predicted molar refractivity (Wildman–Crippen MR) is 64.1 cm³/mol. The van der Waals surface area contributed by atoms with Crippen molar-refractivity contribution in [2.24, 2.45) is 0 Å². The Bertz CT molecular complexity index is 407. The Morgan fingerprint density at radius 3 is 2.50 bits per heavy atom. The Kier molecular flexibility index (Phi) is 2.45. The van der Waals surface area contributed by atoms with Crippen molar-refractivity contribution >= 4 is 22.7 Å². The van der Waals surface area contributed by atoms with Gasteiger partial charge in [-0.05, 0) is 11.4 Å². The van der Waals surface area contributed by atoms with Crippen LogP contribution in [0.2, 0.25) is 0 Å². The number of rotatable bonds is 1. The molecule has 0 atom stereocenters. The second-order valence-electron chi connectivity index (χ2n) is 4.27. The summed E-state index contributed by atoms with van der Waals surface area (Å²) in [4.78, 5) is 5.92. The molecule has 3 heteroatoms. The molecule has 0 saturated carbocycles. The SMILES string of the molecule is CC(C)(C)c1csc(-c2cccs2)n1. The summed E-state index contributed by atoms with van der Waals surface area (Å²) in [5.41, 5.74) is 1.34. The Hall–Kier alpha value is -0.670. The summed E-state index contributed by atoms with van der Waals surface area (Å²) >= 11 is 3.48. The third-order valence-electron chi connectivity index (χ3n) is 2.00. The van der Waals surface area contributed by atoms with E-state index in [-0.39, 0.29) is 5.41 Å². The van der Waals surface area contributed by atoms with E-state index in [2.05, 4.69) is 48.6 Å². The van der Waals surface area contributed by atoms with Crippen LogP contribution in [-0.2, 0) is 5.41 Å². The van der Waals surface area contributed by atoms with E-state index >= 15 is 0 Å². The van der Waals surface area contributed by atoms with Gasteiger partial charge in [0.25, 0.3) is 0 Å². The second-order valence-corrected chi connectivity index (χ2v) is 6.07. The fraction of sp³-hybridized carbons (Fsp3) is 0.364. The van der Waals surface area contributed by atoms with E-state index < -0.39 is 0 Å². The first-order valence-corrected chi connectivity index (χ1v) is 6.33. The Morgan fingerprint density at radius 1 is 1.21 bits per heavy atom. The van der Waals surface area contributed by atoms with Gasteiger partial charge < -0.3 is 0 Å². The summed E-state index contributed by atoms with van der Waals surface area (Å²) in [6.45, 7) is 6.58. The summed E-state index contributed by atoms with van der Waals surface area (Å²) in [6, 6.07) is 4.19. The highest BCUT2D eigenvalue weighted by molar-refractivity contribution is 7.20. The van der Waals surface area contributed by atoms with Gasteiger partial charge in [0.05, 0.1) is 10.6 Å². The lowest BCUT2D eigenvalue weighted by Crippen LogP contribution is -2.11. The molecular weight excluding hydrogens is 210 g/mol. The molecule has 0 bridgehead atoms. The number of aromatic nitrogens is 1. The highest BCUT2D eigenvalue weighted by atomic mass is 32.1. The van der Waals surface area contributed by atoms with E-state index in [0.29, 0.717) is 0 Å². The zero-order valence-corrected chi connectivity index (χ0v) is 10.2. The molecule has 0 spiro atoms. The Morgan fingerprint density at radius 2 is 2.00 bits per heavy atom. The Balaban J connectivity index is 2.36. The van der Waals surface area contributed by atoms with E-state index in [0.717, 1.165) is 5.01 Å². The van der Waals surface area contributed by atoms with Crippen molar-refractivity contribution in [3.63, 3.8) is 0 Å². The number of thiophene rings is 1. The van der Waals surface area contributed by atoms with E-state index in [1.165, 1.54) is 10.6 Å². The van der Waals surface area contributed by atoms with Crippen molar-refractivity contribution < 1.29 is 0 Å². The lowest BCUT2D eigenvalue weighted by Gasteiger charge is -2.14. The van der Waals surface area contributed by atoms with Crippen LogP contribution in [0.1, 0.15) is 26.5 Å². The number of hydrogen-bond donors (Lipinski definition) is 0. The van der Waals surface area contributed by atoms with Gasteiger partial charge in [0.1, 0.15) is 5.01 Å². The molecule has 0 aromatic carbocycles. The molecule has 0 unspecified atom stereocenters. The molecule has 0 aliphatic rings. The van der Waals surface area contributed by atoms with Crippen LogP contribution in [0.3, 0.4) is 0 Å². The van der Waals surface area contributed by atoms with Gasteiger partial charge in [0, 0.05) is 10.8 Å². The van der Waals surface area contributed by atoms with Crippen molar-refractivity contribution in [3.05, 3.63) is 28.6 Å². The topological polar surface area (TPSA) is 12.9 Å². The molecule has 0 fully saturated rings. The molecule has 0 saturated heterocycles. The van der Waals surface area contributed by atoms with E-state index in [1.54, 1.807) is 22.7 Å². The van der Waals surface area contributed by atoms with Gasteiger partial charge in [-0.2, -0.15) is 0 Å². The van der Waals surface area contributed by atoms with Gasteiger partial charge in [-0.1, -0.05) is 26.8 Å². The molecule has 2 rings (SSSR count). The molecule has 0 aliphatic heterocycles. The van der Waals surface area contributed by atoms with Crippen molar-refractivity contribution in [1.29, 1.82) is 0 Å². The summed E-state index contributed by atoms with van der Waals surface area (Å²) in [5, 5.41) is 5.40. The average molecular weight is 223 g/mol. The second kappa shape index (κ2) is 3.48. The molecule has 0 aliphatic carbocycles. The van der Waals surface area contributed by atoms with Crippen LogP contribution in [-0.4, -0.2) is 4.98 Å². The molecule has 2 heterocycles. The zero-order chi connectivity index (χ0) is 10.2. The normalized spacial score (nSPS) is 11.9. The molecule has 0 N–H and O–H groups in total. The van der Waals surface area contributed by atoms with Gasteiger partial charge in [0.15, 0.2) is 0 Å². The molecule has 0 amide bonds. The van der Waals surface area contributed by atoms with Crippen LogP contribution >= 0.6 is 22.7 Å². The molecule has 1 nitrogen and oxygen atoms in total. The van der Waals surface area contributed by atoms with Crippen molar-refractivity contribution in [3.8, 4) is 9.88 Å². The molecule has 2 aromatic heterocycles. The average Bonchev–Trinajstić information content (AvgIpc) is 2.73. The van der Waals surface area contributed by atoms with Crippen LogP contribution in [0.15, 0.2) is 22.9 Å². The minimum absolute atomic E-state index is 0.159. The minimum Gasteiger partial charge on any atom is -0.240 e. The van der Waals surface area contributed by atoms with Crippen LogP contribution in [0.5, 0.6) is 0 Å². The number of thiazole rings is 1. The fourth-order valence-corrected chi connectivity index (χ4v) is 2.99. The van der Waals surface area contributed by atoms with E-state index in [4.69, 9.17) is 0 Å². The van der Waals surface area contributed by atoms with Crippen molar-refractivity contribution in [2.75, 3.05) is 0 Å². The largest absolute Gasteiger partial charge is 0.240 e. The quantitative estimate of drug-likeness (QED) is 0.707. The fourth-order valence-electron chi connectivity index (χ4n) is 1.13. The number of hydrogen-bond acceptors (Lipinski definition) is 3. The van der Waals surface area contributed by atoms with Crippen LogP contribution in [0.4, 0.5) is 0 Å². The summed E-state index contributed by atoms with van der Waals surface area (Å²) in [5.74, 6) is 0. The molecule has 0 radical (unpaired) electrons. The third-order valence-corrected chi connectivity index (χ3v) is 3.89. The summed E-state index contributed by atoms with van der Waals surface area (Å²) in [7, 11) is 0. The summed E-state index contributed by atoms with van der Waals surface area (Å²) in [6.07, 6.45) is 0. The minimum atomic E-state index is 0.159. The lowest BCUT2D eigenvalue weighted by atomic mass is 9.93. The van der Waals surface area contributed by atoms with Gasteiger partial charge in [-0.25, -0.2) is 4.98 Å². The van der Waals surface area contributed by atoms with Crippen molar-refractivity contribution in [1.82, 2.24) is 4.98 Å². The third kappa shape index (κ3) is 1.88. The predicted octanol–water partition coefficient (Wildman–Crippen LogP) is 4.17. The monoisotopic (exact) mass is 223 g/mol. The van der Waals surface area contributed by atoms with Crippen LogP contribution < -0.4 is 0 Å². The molecular formula is C11H13NS2. The van der Waals surface area contributed by atoms with Gasteiger partial charge in [-0.3, -0.25) is 0 Å². The first-order valence-electron chi connectivity index (χ1n) is 4.57. The first-order chi connectivity index (χ1) is 6.57. The number of nitrogens with zero attached hydrogens (tertiary/aromatic N) is 1. The van der Waals surface area contributed by atoms with Gasteiger partial charge >= 0.3 is 0 Å². The van der Waals surface area contributed by atoms with E-state index in [1.807, 2.05) is 0 Å². The molecule has 74 valence electrons. The maximum absolute atomic E-state index is 4.65. The highest BCUT2D eigenvalue weighted by Gasteiger charge is 2.17. The Labute approximate surface area is 92.4 Å². The van der Waals surface area contributed by atoms with E-state index in [9.17, 15) is 0 Å². The van der Waals surface area contributed by atoms with Gasteiger partial charge in [-0.15, -0.1) is 22.7 Å². The standard InChI is InChI=1S/C11H13NS2/c1-11(2,3)9-7-14-10(12-9)8-5-4-6-13-8/h4-7H,1-3H3. The maximum Gasteiger partial charge on any atom is 0.133 e. The van der Waals surface area contributed by atoms with Crippen LogP contribution in [0, 0.1) is 0 Å².